The Balaban J connectivity index is 0.627. The van der Waals surface area contributed by atoms with Crippen molar-refractivity contribution in [1.29, 1.82) is 5.26 Å². The summed E-state index contributed by atoms with van der Waals surface area (Å²) in [6.45, 7) is 13.5. The highest BCUT2D eigenvalue weighted by Gasteiger charge is 2.42. The lowest BCUT2D eigenvalue weighted by Gasteiger charge is -2.41. The summed E-state index contributed by atoms with van der Waals surface area (Å²) in [6.07, 6.45) is 6.33. The third kappa shape index (κ3) is 16.0. The standard InChI is InChI=1S/C70H89N11O11S/c1-46(77(6)69(86)92-70(2,3)4)64(82)74-62(48-17-8-7-9-18-48)66(83)81-30-15-24-60(81)65-72-58(45-93-65)54-25-26-61(55-22-13-12-21-53(54)55)90-39-37-88-35-34-87-36-38-89-51-40-50(76(5)42-51)44-91-67-73-57-43-78(59-23-14-19-47-16-10-11-20-52(47)59)31-28-56(57)63(75-67)79-32-33-80(68(84)85)49(41-79)27-29-71/h10-14,16,19-23,25-26,45-46,48-51,60,62H,7-9,15,17-18,24,27-28,30-44H2,1-6H3,(H,74,82)(H,84,85)/t46-,49-,50-,51+,60-,62-/m0/s1. The van der Waals surface area contributed by atoms with Gasteiger partial charge in [0.1, 0.15) is 47.5 Å². The molecule has 0 spiro atoms. The van der Waals surface area contributed by atoms with Gasteiger partial charge < -0.3 is 58.4 Å². The van der Waals surface area contributed by atoms with Crippen LogP contribution in [0.25, 0.3) is 32.8 Å². The Labute approximate surface area is 549 Å². The van der Waals surface area contributed by atoms with Gasteiger partial charge in [0.2, 0.25) is 11.8 Å². The van der Waals surface area contributed by atoms with E-state index in [0.717, 1.165) is 120 Å². The topological polar surface area (TPSA) is 238 Å². The van der Waals surface area contributed by atoms with Crippen LogP contribution in [0.4, 0.5) is 21.1 Å². The summed E-state index contributed by atoms with van der Waals surface area (Å²) < 4.78 is 36.5. The first-order valence-corrected chi connectivity index (χ1v) is 33.9. The number of anilines is 2. The molecule has 6 aromatic rings. The van der Waals surface area contributed by atoms with E-state index in [4.69, 9.17) is 43.4 Å². The molecule has 4 aromatic carbocycles. The van der Waals surface area contributed by atoms with Crippen molar-refractivity contribution in [2.75, 3.05) is 109 Å². The van der Waals surface area contributed by atoms with Gasteiger partial charge in [-0.3, -0.25) is 19.4 Å². The highest BCUT2D eigenvalue weighted by atomic mass is 32.1. The summed E-state index contributed by atoms with van der Waals surface area (Å²) in [5.74, 6) is 1.01. The molecule has 6 atom stereocenters. The van der Waals surface area contributed by atoms with E-state index in [1.54, 1.807) is 46.1 Å². The van der Waals surface area contributed by atoms with Crippen LogP contribution >= 0.6 is 11.3 Å². The number of nitriles is 1. The molecule has 0 bridgehead atoms. The number of rotatable bonds is 24. The van der Waals surface area contributed by atoms with Crippen molar-refractivity contribution >= 4 is 68.4 Å². The first kappa shape index (κ1) is 66.6. The second kappa shape index (κ2) is 30.5. The van der Waals surface area contributed by atoms with E-state index in [2.05, 4.69) is 87.0 Å². The number of ether oxygens (including phenoxy) is 6. The van der Waals surface area contributed by atoms with Crippen molar-refractivity contribution in [2.45, 2.75) is 140 Å². The van der Waals surface area contributed by atoms with Crippen molar-refractivity contribution in [3.63, 3.8) is 0 Å². The van der Waals surface area contributed by atoms with E-state index in [0.29, 0.717) is 78.8 Å². The fraction of sp³-hybridized carbons (Fsp3) is 0.543. The molecule has 93 heavy (non-hydrogen) atoms. The number of nitrogens with one attached hydrogen (secondary N) is 1. The van der Waals surface area contributed by atoms with Crippen LogP contribution in [0.5, 0.6) is 11.8 Å². The van der Waals surface area contributed by atoms with Crippen molar-refractivity contribution < 1.29 is 52.7 Å². The number of amides is 4. The molecule has 4 fully saturated rings. The molecule has 0 unspecified atom stereocenters. The summed E-state index contributed by atoms with van der Waals surface area (Å²) in [5, 5.41) is 29.9. The summed E-state index contributed by atoms with van der Waals surface area (Å²) >= 11 is 1.55. The molecule has 23 heteroatoms. The van der Waals surface area contributed by atoms with Crippen molar-refractivity contribution in [3.05, 3.63) is 101 Å². The number of likely N-dealkylation sites (N-methyl/N-ethyl adjacent to an activating group) is 2. The van der Waals surface area contributed by atoms with Gasteiger partial charge in [0.15, 0.2) is 0 Å². The van der Waals surface area contributed by atoms with E-state index in [1.807, 2.05) is 35.2 Å². The number of fused-ring (bicyclic) bond motifs is 3. The first-order chi connectivity index (χ1) is 45.0. The van der Waals surface area contributed by atoms with E-state index >= 15 is 0 Å². The molecule has 2 N–H and O–H groups in total. The zero-order chi connectivity index (χ0) is 65.2. The van der Waals surface area contributed by atoms with Gasteiger partial charge in [-0.05, 0) is 108 Å². The van der Waals surface area contributed by atoms with Gasteiger partial charge in [-0.1, -0.05) is 79.9 Å². The molecule has 496 valence electrons. The highest BCUT2D eigenvalue weighted by molar-refractivity contribution is 7.10. The van der Waals surface area contributed by atoms with Crippen molar-refractivity contribution in [1.82, 2.24) is 39.9 Å². The van der Waals surface area contributed by atoms with Gasteiger partial charge in [0.05, 0.1) is 81.6 Å². The lowest BCUT2D eigenvalue weighted by atomic mass is 9.83. The molecule has 2 aromatic heterocycles. The maximum absolute atomic E-state index is 14.7. The average molecular weight is 1290 g/mol. The Kier molecular flexibility index (Phi) is 21.8. The number of carbonyl (C=O) groups excluding carboxylic acids is 3. The van der Waals surface area contributed by atoms with Gasteiger partial charge in [-0.15, -0.1) is 11.3 Å². The number of benzene rings is 4. The maximum atomic E-state index is 14.7. The minimum atomic E-state index is -1.02. The smallest absolute Gasteiger partial charge is 0.410 e. The molecule has 4 aliphatic heterocycles. The molecule has 11 rings (SSSR count). The summed E-state index contributed by atoms with van der Waals surface area (Å²) in [7, 11) is 3.62. The average Bonchev–Trinajstić information content (AvgIpc) is 1.46. The quantitative estimate of drug-likeness (QED) is 0.0536. The fourth-order valence-corrected chi connectivity index (χ4v) is 14.7. The van der Waals surface area contributed by atoms with E-state index in [1.165, 1.54) is 20.6 Å². The minimum absolute atomic E-state index is 0.00166. The number of hydrogen-bond donors (Lipinski definition) is 2. The molecule has 22 nitrogen and oxygen atoms in total. The third-order valence-electron chi connectivity index (χ3n) is 18.8. The molecule has 4 amide bonds. The number of thiazole rings is 1. The number of likely N-dealkylation sites (tertiary alicyclic amines) is 2. The van der Waals surface area contributed by atoms with Gasteiger partial charge in [-0.2, -0.15) is 15.2 Å². The van der Waals surface area contributed by atoms with Gasteiger partial charge in [0, 0.05) is 85.3 Å². The van der Waals surface area contributed by atoms with Crippen LogP contribution in [0.15, 0.2) is 84.2 Å². The van der Waals surface area contributed by atoms with Crippen LogP contribution in [0.1, 0.15) is 108 Å². The van der Waals surface area contributed by atoms with E-state index in [9.17, 15) is 29.5 Å². The van der Waals surface area contributed by atoms with Crippen LogP contribution in [0, 0.1) is 17.2 Å². The van der Waals surface area contributed by atoms with Crippen LogP contribution in [0.2, 0.25) is 0 Å². The third-order valence-corrected chi connectivity index (χ3v) is 19.8. The van der Waals surface area contributed by atoms with E-state index < -0.39 is 35.9 Å². The van der Waals surface area contributed by atoms with E-state index in [-0.39, 0.29) is 54.9 Å². The van der Waals surface area contributed by atoms with Crippen LogP contribution < -0.4 is 24.6 Å². The van der Waals surface area contributed by atoms with Crippen molar-refractivity contribution in [2.24, 2.45) is 5.92 Å². The molecular formula is C70H89N11O11S. The van der Waals surface area contributed by atoms with Gasteiger partial charge in [-0.25, -0.2) is 14.6 Å². The molecule has 5 aliphatic rings. The Morgan fingerprint density at radius 2 is 1.53 bits per heavy atom. The molecule has 6 heterocycles. The van der Waals surface area contributed by atoms with Gasteiger partial charge in [0.25, 0.3) is 0 Å². The lowest BCUT2D eigenvalue weighted by molar-refractivity contribution is -0.140. The molecular weight excluding hydrogens is 1200 g/mol. The SMILES string of the molecule is C[C@@H](C(=O)N[C@H](C(=O)N1CCC[C@H]1c1nc(-c2ccc(OCCOCCOCCO[C@@H]3C[C@@H](COc4nc5c(c(N6CCN(C(=O)O)[C@@H](CC#N)C6)n4)CCN(c4cccc6ccccc46)C5)N(C)C3)c3ccccc23)cs1)C1CCCCC1)N(C)C(=O)OC(C)(C)C. The number of carboxylic acid groups (broad SMARTS) is 1. The molecule has 0 radical (unpaired) electrons. The predicted octanol–water partition coefficient (Wildman–Crippen LogP) is 10.1. The summed E-state index contributed by atoms with van der Waals surface area (Å²) in [5.41, 5.74) is 4.12. The first-order valence-electron chi connectivity index (χ1n) is 33.0. The predicted molar refractivity (Wildman–Crippen MR) is 356 cm³/mol. The zero-order valence-electron chi connectivity index (χ0n) is 54.5. The largest absolute Gasteiger partial charge is 0.491 e. The van der Waals surface area contributed by atoms with Crippen LogP contribution in [0.3, 0.4) is 0 Å². The second-order valence-corrected chi connectivity index (χ2v) is 27.0. The Hall–Kier alpha value is -7.88. The summed E-state index contributed by atoms with van der Waals surface area (Å²) in [4.78, 5) is 80.1. The number of carbonyl (C=O) groups is 4. The Morgan fingerprint density at radius 1 is 0.785 bits per heavy atom. The fourth-order valence-electron chi connectivity index (χ4n) is 13.7. The Bertz CT molecular complexity index is 3620. The number of hydrogen-bond acceptors (Lipinski definition) is 18. The highest BCUT2D eigenvalue weighted by Crippen LogP contribution is 2.41. The minimum Gasteiger partial charge on any atom is -0.491 e. The molecule has 1 saturated carbocycles. The van der Waals surface area contributed by atoms with Gasteiger partial charge >= 0.3 is 18.2 Å². The number of aromatic nitrogens is 3. The monoisotopic (exact) mass is 1290 g/mol. The van der Waals surface area contributed by atoms with Crippen LogP contribution in [-0.4, -0.2) is 199 Å². The normalized spacial score (nSPS) is 20.3. The second-order valence-electron chi connectivity index (χ2n) is 26.1. The lowest BCUT2D eigenvalue weighted by Crippen LogP contribution is -2.56. The molecule has 1 aliphatic carbocycles. The Morgan fingerprint density at radius 3 is 2.30 bits per heavy atom. The van der Waals surface area contributed by atoms with Crippen molar-refractivity contribution in [3.8, 4) is 29.1 Å². The number of piperazine rings is 1. The maximum Gasteiger partial charge on any atom is 0.410 e. The summed E-state index contributed by atoms with van der Waals surface area (Å²) in [6, 6.07) is 27.2. The molecule has 3 saturated heterocycles. The van der Waals surface area contributed by atoms with Crippen LogP contribution in [-0.2, 0) is 41.5 Å². The zero-order valence-corrected chi connectivity index (χ0v) is 55.3. The number of nitrogens with zero attached hydrogens (tertiary/aromatic N) is 10.